The van der Waals surface area contributed by atoms with E-state index in [1.54, 1.807) is 0 Å². The van der Waals surface area contributed by atoms with Crippen LogP contribution in [0, 0.1) is 0 Å². The molecule has 0 aliphatic carbocycles. The van der Waals surface area contributed by atoms with Crippen LogP contribution in [0.25, 0.3) is 0 Å². The van der Waals surface area contributed by atoms with Crippen molar-refractivity contribution in [1.82, 2.24) is 5.32 Å². The van der Waals surface area contributed by atoms with E-state index in [0.29, 0.717) is 6.61 Å². The van der Waals surface area contributed by atoms with E-state index in [2.05, 4.69) is 5.32 Å². The maximum atomic E-state index is 9.99. The fraction of sp³-hybridized carbons (Fsp3) is 0.800. The Labute approximate surface area is 54.4 Å². The molecule has 0 saturated heterocycles. The monoisotopic (exact) mass is 132 g/mol. The first-order valence-corrected chi connectivity index (χ1v) is 2.88. The number of hydrogen-bond acceptors (Lipinski definition) is 2. The van der Waals surface area contributed by atoms with E-state index in [1.807, 2.05) is 6.92 Å². The van der Waals surface area contributed by atoms with E-state index in [0.717, 1.165) is 6.42 Å². The van der Waals surface area contributed by atoms with Crippen molar-refractivity contribution in [3.63, 3.8) is 0 Å². The van der Waals surface area contributed by atoms with Gasteiger partial charge in [0.2, 0.25) is 0 Å². The molecule has 0 aromatic carbocycles. The predicted molar refractivity (Wildman–Crippen MR) is 33.8 cm³/mol. The van der Waals surface area contributed by atoms with Gasteiger partial charge in [-0.3, -0.25) is 0 Å². The van der Waals surface area contributed by atoms with Gasteiger partial charge in [0.05, 0.1) is 0 Å². The van der Waals surface area contributed by atoms with Crippen molar-refractivity contribution in [2.75, 3.05) is 13.3 Å². The molecule has 0 saturated carbocycles. The maximum absolute atomic E-state index is 9.99. The van der Waals surface area contributed by atoms with Crippen LogP contribution in [-0.4, -0.2) is 19.4 Å². The molecule has 0 rings (SSSR count). The van der Waals surface area contributed by atoms with Crippen molar-refractivity contribution < 1.29 is 9.53 Å². The largest absolute Gasteiger partial charge is 0.361 e. The van der Waals surface area contributed by atoms with Gasteiger partial charge in [0.15, 0.2) is 0 Å². The van der Waals surface area contributed by atoms with Gasteiger partial charge < -0.3 is 15.8 Å². The molecule has 0 radical (unpaired) electrons. The first-order chi connectivity index (χ1) is 4.27. The fourth-order valence-corrected chi connectivity index (χ4v) is 0.339. The Morgan fingerprint density at radius 2 is 2.44 bits per heavy atom. The fourth-order valence-electron chi connectivity index (χ4n) is 0.339. The lowest BCUT2D eigenvalue weighted by Gasteiger charge is -2.00. The molecule has 3 N–H and O–H groups in total. The van der Waals surface area contributed by atoms with E-state index in [9.17, 15) is 4.79 Å². The first kappa shape index (κ1) is 8.23. The molecule has 4 nitrogen and oxygen atoms in total. The summed E-state index contributed by atoms with van der Waals surface area (Å²) in [6.07, 6.45) is 0.945. The van der Waals surface area contributed by atoms with Crippen LogP contribution in [0.5, 0.6) is 0 Å². The van der Waals surface area contributed by atoms with Crippen LogP contribution < -0.4 is 11.1 Å². The molecule has 0 aromatic rings. The Kier molecular flexibility index (Phi) is 4.91. The highest BCUT2D eigenvalue weighted by Crippen LogP contribution is 1.75. The molecule has 0 aliphatic rings. The van der Waals surface area contributed by atoms with Gasteiger partial charge in [-0.1, -0.05) is 6.92 Å². The first-order valence-electron chi connectivity index (χ1n) is 2.88. The molecule has 0 unspecified atom stereocenters. The second kappa shape index (κ2) is 5.37. The SMILES string of the molecule is CCCOCNC(N)=O. The highest BCUT2D eigenvalue weighted by atomic mass is 16.5. The number of amides is 2. The molecule has 0 bridgehead atoms. The van der Waals surface area contributed by atoms with Gasteiger partial charge in [0.1, 0.15) is 6.73 Å². The summed E-state index contributed by atoms with van der Waals surface area (Å²) in [5.74, 6) is 0. The normalized spacial score (nSPS) is 9.00. The number of primary amides is 1. The van der Waals surface area contributed by atoms with Crippen LogP contribution >= 0.6 is 0 Å². The van der Waals surface area contributed by atoms with Crippen molar-refractivity contribution in [1.29, 1.82) is 0 Å². The zero-order valence-electron chi connectivity index (χ0n) is 5.52. The Hall–Kier alpha value is -0.770. The van der Waals surface area contributed by atoms with Gasteiger partial charge in [-0.15, -0.1) is 0 Å². The second-order valence-corrected chi connectivity index (χ2v) is 1.59. The number of carbonyl (C=O) groups excluding carboxylic acids is 1. The number of ether oxygens (including phenoxy) is 1. The zero-order valence-corrected chi connectivity index (χ0v) is 5.52. The van der Waals surface area contributed by atoms with E-state index in [4.69, 9.17) is 10.5 Å². The van der Waals surface area contributed by atoms with Crippen LogP contribution in [-0.2, 0) is 4.74 Å². The molecule has 0 aromatic heterocycles. The van der Waals surface area contributed by atoms with Gasteiger partial charge in [0.25, 0.3) is 0 Å². The number of carbonyl (C=O) groups is 1. The number of nitrogens with one attached hydrogen (secondary N) is 1. The van der Waals surface area contributed by atoms with Gasteiger partial charge in [0, 0.05) is 6.61 Å². The van der Waals surface area contributed by atoms with E-state index in [-0.39, 0.29) is 6.73 Å². The highest BCUT2D eigenvalue weighted by molar-refractivity contribution is 5.71. The average molecular weight is 132 g/mol. The molecule has 9 heavy (non-hydrogen) atoms. The van der Waals surface area contributed by atoms with Crippen molar-refractivity contribution >= 4 is 6.03 Å². The third-order valence-electron chi connectivity index (χ3n) is 0.697. The lowest BCUT2D eigenvalue weighted by atomic mass is 10.5. The number of rotatable bonds is 4. The molecule has 0 aliphatic heterocycles. The minimum Gasteiger partial charge on any atom is -0.361 e. The van der Waals surface area contributed by atoms with Crippen LogP contribution in [0.15, 0.2) is 0 Å². The van der Waals surface area contributed by atoms with E-state index in [1.165, 1.54) is 0 Å². The maximum Gasteiger partial charge on any atom is 0.313 e. The lowest BCUT2D eigenvalue weighted by Crippen LogP contribution is -2.31. The number of urea groups is 1. The zero-order chi connectivity index (χ0) is 7.11. The van der Waals surface area contributed by atoms with E-state index < -0.39 is 6.03 Å². The van der Waals surface area contributed by atoms with Crippen molar-refractivity contribution in [2.24, 2.45) is 5.73 Å². The van der Waals surface area contributed by atoms with Gasteiger partial charge in [-0.2, -0.15) is 0 Å². The Morgan fingerprint density at radius 1 is 1.78 bits per heavy atom. The summed E-state index contributed by atoms with van der Waals surface area (Å²) in [6.45, 7) is 2.85. The summed E-state index contributed by atoms with van der Waals surface area (Å²) in [7, 11) is 0. The Bertz CT molecular complexity index is 85.0. The van der Waals surface area contributed by atoms with Gasteiger partial charge in [-0.25, -0.2) is 4.79 Å². The molecule has 0 fully saturated rings. The predicted octanol–water partition coefficient (Wildman–Crippen LogP) is 0.0388. The van der Waals surface area contributed by atoms with Crippen molar-refractivity contribution in [3.8, 4) is 0 Å². The number of hydrogen-bond donors (Lipinski definition) is 2. The van der Waals surface area contributed by atoms with Crippen LogP contribution in [0.1, 0.15) is 13.3 Å². The van der Waals surface area contributed by atoms with Crippen molar-refractivity contribution in [2.45, 2.75) is 13.3 Å². The molecule has 4 heteroatoms. The summed E-state index contributed by atoms with van der Waals surface area (Å²) >= 11 is 0. The van der Waals surface area contributed by atoms with Gasteiger partial charge in [-0.05, 0) is 6.42 Å². The minimum atomic E-state index is -0.550. The van der Waals surface area contributed by atoms with Gasteiger partial charge >= 0.3 is 6.03 Å². The molecule has 54 valence electrons. The lowest BCUT2D eigenvalue weighted by molar-refractivity contribution is 0.122. The third-order valence-corrected chi connectivity index (χ3v) is 0.697. The second-order valence-electron chi connectivity index (χ2n) is 1.59. The molecule has 2 amide bonds. The summed E-state index contributed by atoms with van der Waals surface area (Å²) in [5, 5.41) is 2.30. The smallest absolute Gasteiger partial charge is 0.313 e. The quantitative estimate of drug-likeness (QED) is 0.419. The van der Waals surface area contributed by atoms with Crippen molar-refractivity contribution in [3.05, 3.63) is 0 Å². The third kappa shape index (κ3) is 7.23. The summed E-state index contributed by atoms with van der Waals surface area (Å²) in [6, 6.07) is -0.550. The van der Waals surface area contributed by atoms with Crippen LogP contribution in [0.4, 0.5) is 4.79 Å². The van der Waals surface area contributed by atoms with Crippen LogP contribution in [0.2, 0.25) is 0 Å². The molecule has 0 heterocycles. The molecular weight excluding hydrogens is 120 g/mol. The molecule has 0 atom stereocenters. The summed E-state index contributed by atoms with van der Waals surface area (Å²) in [4.78, 5) is 9.99. The summed E-state index contributed by atoms with van der Waals surface area (Å²) < 4.78 is 4.88. The number of nitrogens with two attached hydrogens (primary N) is 1. The minimum absolute atomic E-state index is 0.211. The topological polar surface area (TPSA) is 64.3 Å². The van der Waals surface area contributed by atoms with Crippen LogP contribution in [0.3, 0.4) is 0 Å². The highest BCUT2D eigenvalue weighted by Gasteiger charge is 1.87. The Morgan fingerprint density at radius 3 is 2.89 bits per heavy atom. The summed E-state index contributed by atoms with van der Waals surface area (Å²) in [5.41, 5.74) is 4.74. The standard InChI is InChI=1S/C5H12N2O2/c1-2-3-9-4-7-5(6)8/h2-4H2,1H3,(H3,6,7,8). The van der Waals surface area contributed by atoms with E-state index >= 15 is 0 Å². The average Bonchev–Trinajstić information content (AvgIpc) is 1.80. The molecular formula is C5H12N2O2. The Balaban J connectivity index is 2.83. The molecule has 0 spiro atoms.